The Morgan fingerprint density at radius 3 is 2.60 bits per heavy atom. The number of carbonyl (C=O) groups excluding carboxylic acids is 1. The average Bonchev–Trinajstić information content (AvgIpc) is 2.92. The zero-order chi connectivity index (χ0) is 20.6. The number of methoxy groups -OCH3 is 1. The van der Waals surface area contributed by atoms with Crippen molar-refractivity contribution < 1.29 is 19.4 Å². The van der Waals surface area contributed by atoms with Crippen LogP contribution in [0.3, 0.4) is 0 Å². The molecular formula is C23H31ClN2O4. The molecule has 0 bridgehead atoms. The predicted octanol–water partition coefficient (Wildman–Crippen LogP) is 3.35. The van der Waals surface area contributed by atoms with Gasteiger partial charge in [0, 0.05) is 25.2 Å². The normalized spacial score (nSPS) is 16.4. The summed E-state index contributed by atoms with van der Waals surface area (Å²) in [6.07, 6.45) is 3.62. The number of fused-ring (bicyclic) bond motifs is 1. The first-order valence-corrected chi connectivity index (χ1v) is 10.1. The third kappa shape index (κ3) is 7.20. The van der Waals surface area contributed by atoms with Crippen LogP contribution in [0.15, 0.2) is 42.5 Å². The number of benzene rings is 2. The molecule has 1 aliphatic carbocycles. The van der Waals surface area contributed by atoms with Gasteiger partial charge < -0.3 is 25.2 Å². The van der Waals surface area contributed by atoms with Crippen molar-refractivity contribution in [1.29, 1.82) is 0 Å². The van der Waals surface area contributed by atoms with Crippen LogP contribution in [-0.4, -0.2) is 43.4 Å². The molecule has 1 aliphatic rings. The molecule has 1 unspecified atom stereocenters. The molecule has 2 aromatic rings. The molecule has 2 atom stereocenters. The number of hydrogen-bond acceptors (Lipinski definition) is 5. The van der Waals surface area contributed by atoms with E-state index >= 15 is 0 Å². The molecule has 2 aromatic carbocycles. The van der Waals surface area contributed by atoms with Gasteiger partial charge in [-0.05, 0) is 73.2 Å². The molecule has 0 aromatic heterocycles. The summed E-state index contributed by atoms with van der Waals surface area (Å²) in [6.45, 7) is 2.16. The molecule has 30 heavy (non-hydrogen) atoms. The van der Waals surface area contributed by atoms with Gasteiger partial charge in [0.2, 0.25) is 5.91 Å². The summed E-state index contributed by atoms with van der Waals surface area (Å²) >= 11 is 0. The number of hydrogen-bond donors (Lipinski definition) is 3. The van der Waals surface area contributed by atoms with E-state index in [9.17, 15) is 9.90 Å². The summed E-state index contributed by atoms with van der Waals surface area (Å²) in [5.74, 6) is 1.44. The first-order chi connectivity index (χ1) is 14.0. The lowest BCUT2D eigenvalue weighted by Gasteiger charge is -2.20. The maximum atomic E-state index is 11.0. The van der Waals surface area contributed by atoms with Gasteiger partial charge in [-0.15, -0.1) is 12.4 Å². The predicted molar refractivity (Wildman–Crippen MR) is 121 cm³/mol. The monoisotopic (exact) mass is 434 g/mol. The number of aliphatic hydroxyl groups excluding tert-OH is 1. The first-order valence-electron chi connectivity index (χ1n) is 10.1. The van der Waals surface area contributed by atoms with E-state index in [0.29, 0.717) is 18.3 Å². The Hall–Kier alpha value is -2.28. The van der Waals surface area contributed by atoms with Gasteiger partial charge in [-0.2, -0.15) is 0 Å². The highest BCUT2D eigenvalue weighted by Crippen LogP contribution is 2.25. The lowest BCUT2D eigenvalue weighted by molar-refractivity contribution is -0.114. The van der Waals surface area contributed by atoms with Crippen molar-refractivity contribution >= 4 is 24.0 Å². The fourth-order valence-electron chi connectivity index (χ4n) is 3.64. The van der Waals surface area contributed by atoms with Gasteiger partial charge in [0.15, 0.2) is 0 Å². The number of carbonyl (C=O) groups is 1. The average molecular weight is 435 g/mol. The SMILES string of the molecule is COc1ccc2c(c1)CC(NC[C@H](O)COc1ccc(NC(C)=O)cc1)CCC2.Cl. The van der Waals surface area contributed by atoms with Crippen LogP contribution in [0.25, 0.3) is 0 Å². The van der Waals surface area contributed by atoms with E-state index in [1.807, 2.05) is 6.07 Å². The number of ether oxygens (including phenoxy) is 2. The third-order valence-electron chi connectivity index (χ3n) is 5.14. The van der Waals surface area contributed by atoms with E-state index in [2.05, 4.69) is 22.8 Å². The van der Waals surface area contributed by atoms with Crippen molar-refractivity contribution in [1.82, 2.24) is 5.32 Å². The molecule has 3 N–H and O–H groups in total. The number of anilines is 1. The molecular weight excluding hydrogens is 404 g/mol. The Balaban J connectivity index is 0.00000320. The lowest BCUT2D eigenvalue weighted by Crippen LogP contribution is -2.39. The second kappa shape index (κ2) is 11.8. The van der Waals surface area contributed by atoms with Crippen LogP contribution in [0.1, 0.15) is 30.9 Å². The van der Waals surface area contributed by atoms with Crippen molar-refractivity contribution in [2.24, 2.45) is 0 Å². The van der Waals surface area contributed by atoms with Crippen LogP contribution in [-0.2, 0) is 17.6 Å². The molecule has 6 nitrogen and oxygen atoms in total. The van der Waals surface area contributed by atoms with E-state index < -0.39 is 6.10 Å². The second-order valence-corrected chi connectivity index (χ2v) is 7.51. The first kappa shape index (κ1) is 24.0. The summed E-state index contributed by atoms with van der Waals surface area (Å²) < 4.78 is 11.0. The Morgan fingerprint density at radius 1 is 1.17 bits per heavy atom. The number of nitrogens with one attached hydrogen (secondary N) is 2. The quantitative estimate of drug-likeness (QED) is 0.555. The molecule has 0 fully saturated rings. The number of halogens is 1. The topological polar surface area (TPSA) is 79.8 Å². The van der Waals surface area contributed by atoms with E-state index in [1.165, 1.54) is 18.1 Å². The third-order valence-corrected chi connectivity index (χ3v) is 5.14. The molecule has 7 heteroatoms. The summed E-state index contributed by atoms with van der Waals surface area (Å²) in [5.41, 5.74) is 3.43. The highest BCUT2D eigenvalue weighted by Gasteiger charge is 2.18. The van der Waals surface area contributed by atoms with Gasteiger partial charge in [0.1, 0.15) is 24.2 Å². The number of aliphatic hydroxyl groups is 1. The Labute approximate surface area is 184 Å². The lowest BCUT2D eigenvalue weighted by atomic mass is 10.0. The Morgan fingerprint density at radius 2 is 1.90 bits per heavy atom. The smallest absolute Gasteiger partial charge is 0.221 e. The highest BCUT2D eigenvalue weighted by molar-refractivity contribution is 5.88. The van der Waals surface area contributed by atoms with Crippen LogP contribution >= 0.6 is 12.4 Å². The zero-order valence-corrected chi connectivity index (χ0v) is 18.3. The van der Waals surface area contributed by atoms with E-state index in [0.717, 1.165) is 37.1 Å². The van der Waals surface area contributed by atoms with Gasteiger partial charge in [-0.3, -0.25) is 4.79 Å². The fraction of sp³-hybridized carbons (Fsp3) is 0.435. The molecule has 0 spiro atoms. The molecule has 0 saturated carbocycles. The largest absolute Gasteiger partial charge is 0.497 e. The molecule has 3 rings (SSSR count). The minimum absolute atomic E-state index is 0. The zero-order valence-electron chi connectivity index (χ0n) is 17.5. The summed E-state index contributed by atoms with van der Waals surface area (Å²) in [4.78, 5) is 11.0. The number of amides is 1. The van der Waals surface area contributed by atoms with Crippen molar-refractivity contribution in [2.45, 2.75) is 44.8 Å². The van der Waals surface area contributed by atoms with E-state index in [-0.39, 0.29) is 24.9 Å². The minimum atomic E-state index is -0.599. The molecule has 0 heterocycles. The maximum Gasteiger partial charge on any atom is 0.221 e. The number of aryl methyl sites for hydroxylation is 1. The van der Waals surface area contributed by atoms with Gasteiger partial charge in [-0.1, -0.05) is 6.07 Å². The second-order valence-electron chi connectivity index (χ2n) is 7.51. The van der Waals surface area contributed by atoms with Crippen LogP contribution in [0.2, 0.25) is 0 Å². The molecule has 1 amide bonds. The van der Waals surface area contributed by atoms with Gasteiger partial charge >= 0.3 is 0 Å². The summed E-state index contributed by atoms with van der Waals surface area (Å²) in [7, 11) is 1.69. The Bertz CT molecular complexity index is 813. The number of rotatable bonds is 8. The van der Waals surface area contributed by atoms with Crippen LogP contribution in [0.5, 0.6) is 11.5 Å². The highest BCUT2D eigenvalue weighted by atomic mass is 35.5. The van der Waals surface area contributed by atoms with Crippen LogP contribution in [0, 0.1) is 0 Å². The Kier molecular flexibility index (Phi) is 9.43. The summed E-state index contributed by atoms with van der Waals surface area (Å²) in [6, 6.07) is 13.8. The fourth-order valence-corrected chi connectivity index (χ4v) is 3.64. The van der Waals surface area contributed by atoms with Gasteiger partial charge in [-0.25, -0.2) is 0 Å². The van der Waals surface area contributed by atoms with Crippen LogP contribution in [0.4, 0.5) is 5.69 Å². The van der Waals surface area contributed by atoms with Crippen molar-refractivity contribution in [3.63, 3.8) is 0 Å². The maximum absolute atomic E-state index is 11.0. The molecule has 0 aliphatic heterocycles. The standard InChI is InChI=1S/C23H30N2O4.ClH/c1-16(26)25-19-7-10-22(11-8-19)29-15-21(27)14-24-20-5-3-4-17-6-9-23(28-2)13-18(17)12-20;/h6-11,13,20-21,24,27H,3-5,12,14-15H2,1-2H3,(H,25,26);1H/t20?,21-;/m0./s1. The van der Waals surface area contributed by atoms with E-state index in [1.54, 1.807) is 31.4 Å². The van der Waals surface area contributed by atoms with Crippen molar-refractivity contribution in [3.05, 3.63) is 53.6 Å². The van der Waals surface area contributed by atoms with Crippen LogP contribution < -0.4 is 20.1 Å². The summed E-state index contributed by atoms with van der Waals surface area (Å²) in [5, 5.41) is 16.5. The molecule has 164 valence electrons. The van der Waals surface area contributed by atoms with E-state index in [4.69, 9.17) is 9.47 Å². The van der Waals surface area contributed by atoms with Crippen molar-refractivity contribution in [3.8, 4) is 11.5 Å². The molecule has 0 radical (unpaired) electrons. The van der Waals surface area contributed by atoms with Crippen molar-refractivity contribution in [2.75, 3.05) is 25.6 Å². The molecule has 0 saturated heterocycles. The minimum Gasteiger partial charge on any atom is -0.497 e. The van der Waals surface area contributed by atoms with Gasteiger partial charge in [0.05, 0.1) is 7.11 Å². The van der Waals surface area contributed by atoms with Gasteiger partial charge in [0.25, 0.3) is 0 Å².